The number of hydrogen-bond acceptors (Lipinski definition) is 2. The lowest BCUT2D eigenvalue weighted by Crippen LogP contribution is -2.27. The van der Waals surface area contributed by atoms with Crippen LogP contribution < -0.4 is 0 Å². The highest BCUT2D eigenvalue weighted by molar-refractivity contribution is 5.32. The highest BCUT2D eigenvalue weighted by Gasteiger charge is 2.32. The molecule has 90 valence electrons. The largest absolute Gasteiger partial charge is 0.379 e. The molecule has 0 saturated heterocycles. The highest BCUT2D eigenvalue weighted by atomic mass is 19.2. The van der Waals surface area contributed by atoms with Gasteiger partial charge in [0.15, 0.2) is 11.6 Å². The second kappa shape index (κ2) is 3.92. The summed E-state index contributed by atoms with van der Waals surface area (Å²) in [5, 5.41) is 14.3. The summed E-state index contributed by atoms with van der Waals surface area (Å²) in [5.41, 5.74) is -1.35. The van der Waals surface area contributed by atoms with Crippen molar-refractivity contribution in [1.82, 2.24) is 9.78 Å². The zero-order chi connectivity index (χ0) is 12.6. The number of rotatable bonds is 2. The summed E-state index contributed by atoms with van der Waals surface area (Å²) in [6, 6.07) is 5.28. The summed E-state index contributed by atoms with van der Waals surface area (Å²) >= 11 is 0. The Morgan fingerprint density at radius 3 is 2.59 bits per heavy atom. The van der Waals surface area contributed by atoms with Crippen molar-refractivity contribution in [3.8, 4) is 0 Å². The Hall–Kier alpha value is -1.75. The van der Waals surface area contributed by atoms with Crippen molar-refractivity contribution in [2.75, 3.05) is 0 Å². The normalized spacial score (nSPS) is 14.6. The fraction of sp³-hybridized carbons (Fsp3) is 0.250. The first-order valence-electron chi connectivity index (χ1n) is 5.10. The highest BCUT2D eigenvalue weighted by Crippen LogP contribution is 2.31. The molecule has 0 aliphatic heterocycles. The predicted octanol–water partition coefficient (Wildman–Crippen LogP) is 1.95. The van der Waals surface area contributed by atoms with Crippen LogP contribution in [0.1, 0.15) is 18.2 Å². The quantitative estimate of drug-likeness (QED) is 0.868. The van der Waals surface area contributed by atoms with E-state index in [4.69, 9.17) is 0 Å². The molecule has 0 aliphatic rings. The monoisotopic (exact) mass is 238 g/mol. The van der Waals surface area contributed by atoms with Crippen molar-refractivity contribution in [1.29, 1.82) is 0 Å². The van der Waals surface area contributed by atoms with Crippen molar-refractivity contribution in [2.45, 2.75) is 12.5 Å². The number of aromatic nitrogens is 2. The molecular formula is C12H12F2N2O. The Morgan fingerprint density at radius 1 is 1.29 bits per heavy atom. The van der Waals surface area contributed by atoms with Gasteiger partial charge in [-0.1, -0.05) is 12.1 Å². The average molecular weight is 238 g/mol. The zero-order valence-electron chi connectivity index (χ0n) is 9.48. The van der Waals surface area contributed by atoms with Crippen molar-refractivity contribution in [3.05, 3.63) is 53.4 Å². The number of benzene rings is 1. The molecule has 1 N–H and O–H groups in total. The van der Waals surface area contributed by atoms with Gasteiger partial charge in [-0.2, -0.15) is 5.10 Å². The van der Waals surface area contributed by atoms with Gasteiger partial charge in [0.1, 0.15) is 5.60 Å². The predicted molar refractivity (Wildman–Crippen MR) is 58.2 cm³/mol. The van der Waals surface area contributed by atoms with Crippen molar-refractivity contribution < 1.29 is 13.9 Å². The second-order valence-electron chi connectivity index (χ2n) is 4.01. The third kappa shape index (κ3) is 1.82. The molecule has 2 rings (SSSR count). The molecule has 1 atom stereocenters. The van der Waals surface area contributed by atoms with Crippen LogP contribution in [-0.2, 0) is 12.6 Å². The van der Waals surface area contributed by atoms with Gasteiger partial charge in [-0.3, -0.25) is 4.68 Å². The minimum Gasteiger partial charge on any atom is -0.379 e. The van der Waals surface area contributed by atoms with Gasteiger partial charge in [0.2, 0.25) is 0 Å². The third-order valence-corrected chi connectivity index (χ3v) is 2.80. The molecule has 2 aromatic rings. The summed E-state index contributed by atoms with van der Waals surface area (Å²) in [6.45, 7) is 1.40. The van der Waals surface area contributed by atoms with Crippen molar-refractivity contribution >= 4 is 0 Å². The summed E-state index contributed by atoms with van der Waals surface area (Å²) in [6.07, 6.45) is 1.49. The first-order valence-corrected chi connectivity index (χ1v) is 5.10. The van der Waals surface area contributed by atoms with Gasteiger partial charge < -0.3 is 5.11 Å². The lowest BCUT2D eigenvalue weighted by molar-refractivity contribution is 0.0879. The van der Waals surface area contributed by atoms with Gasteiger partial charge in [0.05, 0.1) is 5.69 Å². The molecule has 1 heterocycles. The number of hydrogen-bond donors (Lipinski definition) is 1. The first-order chi connectivity index (χ1) is 7.94. The second-order valence-corrected chi connectivity index (χ2v) is 4.01. The lowest BCUT2D eigenvalue weighted by atomic mass is 9.92. The van der Waals surface area contributed by atoms with Crippen LogP contribution in [0, 0.1) is 11.6 Å². The van der Waals surface area contributed by atoms with Crippen LogP contribution >= 0.6 is 0 Å². The van der Waals surface area contributed by atoms with Gasteiger partial charge in [-0.05, 0) is 19.1 Å². The van der Waals surface area contributed by atoms with Gasteiger partial charge in [0, 0.05) is 18.8 Å². The first kappa shape index (κ1) is 11.7. The summed E-state index contributed by atoms with van der Waals surface area (Å²) in [5.74, 6) is -2.02. The van der Waals surface area contributed by atoms with E-state index < -0.39 is 17.2 Å². The molecule has 1 unspecified atom stereocenters. The Bertz CT molecular complexity index is 549. The standard InChI is InChI=1S/C12H12F2N2O/c1-12(17,10-6-7-15-16(10)2)8-4-3-5-9(13)11(8)14/h3-7,17H,1-2H3. The van der Waals surface area contributed by atoms with Crippen molar-refractivity contribution in [3.63, 3.8) is 0 Å². The maximum absolute atomic E-state index is 13.7. The zero-order valence-corrected chi connectivity index (χ0v) is 9.48. The van der Waals surface area contributed by atoms with E-state index in [1.807, 2.05) is 0 Å². The van der Waals surface area contributed by atoms with Crippen LogP contribution in [0.15, 0.2) is 30.5 Å². The smallest absolute Gasteiger partial charge is 0.165 e. The minimum absolute atomic E-state index is 0.110. The van der Waals surface area contributed by atoms with Crippen LogP contribution in [0.5, 0.6) is 0 Å². The van der Waals surface area contributed by atoms with Crippen LogP contribution in [-0.4, -0.2) is 14.9 Å². The SMILES string of the molecule is Cn1nccc1C(C)(O)c1cccc(F)c1F. The van der Waals surface area contributed by atoms with Gasteiger partial charge in [0.25, 0.3) is 0 Å². The molecule has 5 heteroatoms. The lowest BCUT2D eigenvalue weighted by Gasteiger charge is -2.24. The maximum atomic E-state index is 13.7. The van der Waals surface area contributed by atoms with E-state index in [-0.39, 0.29) is 5.56 Å². The van der Waals surface area contributed by atoms with Crippen LogP contribution in [0.25, 0.3) is 0 Å². The van der Waals surface area contributed by atoms with E-state index in [0.717, 1.165) is 6.07 Å². The summed E-state index contributed by atoms with van der Waals surface area (Å²) < 4.78 is 28.2. The van der Waals surface area contributed by atoms with E-state index in [9.17, 15) is 13.9 Å². The molecular weight excluding hydrogens is 226 g/mol. The minimum atomic E-state index is -1.63. The molecule has 0 spiro atoms. The van der Waals surface area contributed by atoms with E-state index in [0.29, 0.717) is 5.69 Å². The summed E-state index contributed by atoms with van der Waals surface area (Å²) in [4.78, 5) is 0. The summed E-state index contributed by atoms with van der Waals surface area (Å²) in [7, 11) is 1.63. The third-order valence-electron chi connectivity index (χ3n) is 2.80. The van der Waals surface area contributed by atoms with Gasteiger partial charge >= 0.3 is 0 Å². The Kier molecular flexibility index (Phi) is 2.71. The van der Waals surface area contributed by atoms with E-state index in [1.165, 1.54) is 29.9 Å². The molecule has 0 bridgehead atoms. The molecule has 0 radical (unpaired) electrons. The Balaban J connectivity index is 2.60. The number of nitrogens with zero attached hydrogens (tertiary/aromatic N) is 2. The van der Waals surface area contributed by atoms with Crippen LogP contribution in [0.3, 0.4) is 0 Å². The number of aryl methyl sites for hydroxylation is 1. The fourth-order valence-electron chi connectivity index (χ4n) is 1.87. The molecule has 0 fully saturated rings. The molecule has 1 aromatic carbocycles. The molecule has 0 amide bonds. The van der Waals surface area contributed by atoms with E-state index in [2.05, 4.69) is 5.10 Å². The Labute approximate surface area is 97.3 Å². The molecule has 3 nitrogen and oxygen atoms in total. The van der Waals surface area contributed by atoms with Gasteiger partial charge in [-0.15, -0.1) is 0 Å². The van der Waals surface area contributed by atoms with E-state index >= 15 is 0 Å². The number of halogens is 2. The van der Waals surface area contributed by atoms with E-state index in [1.54, 1.807) is 13.1 Å². The molecule has 0 aliphatic carbocycles. The Morgan fingerprint density at radius 2 is 2.00 bits per heavy atom. The topological polar surface area (TPSA) is 38.0 Å². The fourth-order valence-corrected chi connectivity index (χ4v) is 1.87. The van der Waals surface area contributed by atoms with Crippen LogP contribution in [0.4, 0.5) is 8.78 Å². The number of aliphatic hydroxyl groups is 1. The average Bonchev–Trinajstić information content (AvgIpc) is 2.69. The molecule has 17 heavy (non-hydrogen) atoms. The molecule has 0 saturated carbocycles. The van der Waals surface area contributed by atoms with Crippen molar-refractivity contribution in [2.24, 2.45) is 7.05 Å². The van der Waals surface area contributed by atoms with Crippen LogP contribution in [0.2, 0.25) is 0 Å². The molecule has 1 aromatic heterocycles. The van der Waals surface area contributed by atoms with Gasteiger partial charge in [-0.25, -0.2) is 8.78 Å². The maximum Gasteiger partial charge on any atom is 0.165 e.